The average Bonchev–Trinajstić information content (AvgIpc) is 3.25. The van der Waals surface area contributed by atoms with E-state index in [0.717, 1.165) is 21.0 Å². The zero-order valence-electron chi connectivity index (χ0n) is 35.1. The van der Waals surface area contributed by atoms with Crippen molar-refractivity contribution in [2.45, 2.75) is 167 Å². The molecule has 15 N–H and O–H groups in total. The van der Waals surface area contributed by atoms with Crippen molar-refractivity contribution < 1.29 is 128 Å². The number of aliphatic hydroxyl groups is 13. The number of hydrogen-bond acceptors (Lipinski definition) is 26. The molecule has 5 heterocycles. The van der Waals surface area contributed by atoms with E-state index in [1.807, 2.05) is 0 Å². The first-order chi connectivity index (χ1) is 30.3. The molecule has 25 atom stereocenters. The molecule has 0 radical (unpaired) electrons. The van der Waals surface area contributed by atoms with E-state index in [9.17, 15) is 76.0 Å². The van der Waals surface area contributed by atoms with Crippen molar-refractivity contribution in [2.75, 3.05) is 47.3 Å². The second-order valence-electron chi connectivity index (χ2n) is 15.9. The van der Waals surface area contributed by atoms with Crippen molar-refractivity contribution in [3.05, 3.63) is 0 Å². The molecule has 0 unspecified atom stereocenters. The summed E-state index contributed by atoms with van der Waals surface area (Å²) in [7, 11) is 2.31. The Hall–Kier alpha value is -2.02. The highest BCUT2D eigenvalue weighted by molar-refractivity contribution is 5.73. The lowest BCUT2D eigenvalue weighted by atomic mass is 9.94. The molecular weight excluding hydrogens is 876 g/mol. The molecule has 5 saturated heterocycles. The molecule has 28 heteroatoms. The van der Waals surface area contributed by atoms with Gasteiger partial charge in [0.15, 0.2) is 31.5 Å². The Morgan fingerprint density at radius 2 is 0.812 bits per heavy atom. The summed E-state index contributed by atoms with van der Waals surface area (Å²) >= 11 is 0. The summed E-state index contributed by atoms with van der Waals surface area (Å²) in [6.07, 6.45) is -39.1. The van der Waals surface area contributed by atoms with E-state index in [-0.39, 0.29) is 0 Å². The van der Waals surface area contributed by atoms with Crippen LogP contribution in [0.5, 0.6) is 0 Å². The van der Waals surface area contributed by atoms with E-state index in [4.69, 9.17) is 52.1 Å². The van der Waals surface area contributed by atoms with Gasteiger partial charge in [-0.25, -0.2) is 0 Å². The van der Waals surface area contributed by atoms with E-state index in [2.05, 4.69) is 10.6 Å². The number of ether oxygens (including phenoxy) is 11. The van der Waals surface area contributed by atoms with Gasteiger partial charge in [0.05, 0.1) is 33.0 Å². The van der Waals surface area contributed by atoms with Crippen LogP contribution in [-0.2, 0) is 61.7 Å². The van der Waals surface area contributed by atoms with Crippen molar-refractivity contribution in [3.8, 4) is 0 Å². The van der Waals surface area contributed by atoms with Gasteiger partial charge in [0.1, 0.15) is 122 Å². The fourth-order valence-corrected chi connectivity index (χ4v) is 8.26. The fourth-order valence-electron chi connectivity index (χ4n) is 8.26. The summed E-state index contributed by atoms with van der Waals surface area (Å²) in [6, 6.07) is -3.15. The monoisotopic (exact) mass is 938 g/mol. The van der Waals surface area contributed by atoms with Crippen molar-refractivity contribution in [3.63, 3.8) is 0 Å². The molecule has 0 spiro atoms. The largest absolute Gasteiger partial charge is 0.394 e. The van der Waals surface area contributed by atoms with Crippen LogP contribution in [0.3, 0.4) is 0 Å². The minimum Gasteiger partial charge on any atom is -0.394 e. The number of carbonyl (C=O) groups is 2. The van der Waals surface area contributed by atoms with Crippen LogP contribution in [-0.4, -0.2) is 279 Å². The highest BCUT2D eigenvalue weighted by Crippen LogP contribution is 2.35. The van der Waals surface area contributed by atoms with Gasteiger partial charge >= 0.3 is 0 Å². The molecule has 372 valence electrons. The summed E-state index contributed by atoms with van der Waals surface area (Å²) in [5, 5.41) is 145. The Kier molecular flexibility index (Phi) is 19.3. The Morgan fingerprint density at radius 3 is 1.31 bits per heavy atom. The molecule has 0 aromatic heterocycles. The third kappa shape index (κ3) is 11.5. The van der Waals surface area contributed by atoms with E-state index >= 15 is 0 Å². The van der Waals surface area contributed by atoms with Gasteiger partial charge in [0, 0.05) is 28.1 Å². The Morgan fingerprint density at radius 1 is 0.438 bits per heavy atom. The molecule has 0 aromatic carbocycles. The van der Waals surface area contributed by atoms with Crippen LogP contribution in [0.25, 0.3) is 0 Å². The maximum Gasteiger partial charge on any atom is 0.217 e. The minimum atomic E-state index is -2.12. The first kappa shape index (κ1) is 52.9. The van der Waals surface area contributed by atoms with E-state index in [0.29, 0.717) is 0 Å². The first-order valence-electron chi connectivity index (χ1n) is 20.4. The van der Waals surface area contributed by atoms with Crippen LogP contribution in [0.1, 0.15) is 13.8 Å². The smallest absolute Gasteiger partial charge is 0.217 e. The van der Waals surface area contributed by atoms with Crippen molar-refractivity contribution in [1.29, 1.82) is 0 Å². The number of rotatable bonds is 17. The number of methoxy groups -OCH3 is 2. The quantitative estimate of drug-likeness (QED) is 0.0644. The lowest BCUT2D eigenvalue weighted by Crippen LogP contribution is -2.70. The lowest BCUT2D eigenvalue weighted by Gasteiger charge is -2.50. The van der Waals surface area contributed by atoms with Gasteiger partial charge in [-0.15, -0.1) is 0 Å². The number of aliphatic hydroxyl groups excluding tert-OH is 13. The Balaban J connectivity index is 1.43. The van der Waals surface area contributed by atoms with Gasteiger partial charge in [0.2, 0.25) is 11.8 Å². The standard InChI is InChI=1S/C36H62N2O26/c1-10(43)37-17-22(48)27(14(7-41)57-32(17)53)62-33-18(38-11(2)44)23(49)28(15(8-42)60-33)63-36-26(52)31(64-35-25(51)30(55-4)20(46)13(6-40)59-35)21(47)16(61-36)9-56-34-24(50)29(54-3)19(45)12(5-39)58-34/h12-36,39-42,45-53H,5-9H2,1-4H3,(H,37,43)(H,38,44)/t12-,13-,14-,15-,16-,17-,18-,19-,20-,21-,22-,23-,24+,25+,26+,27-,28-,29+,30+,31+,32-,33+,34-,35+,36+/m1/s1. The van der Waals surface area contributed by atoms with Gasteiger partial charge in [-0.05, 0) is 0 Å². The maximum absolute atomic E-state index is 12.5. The van der Waals surface area contributed by atoms with Gasteiger partial charge < -0.3 is 129 Å². The second-order valence-corrected chi connectivity index (χ2v) is 15.9. The average molecular weight is 939 g/mol. The summed E-state index contributed by atoms with van der Waals surface area (Å²) in [5.41, 5.74) is 0. The number of carbonyl (C=O) groups excluding carboxylic acids is 2. The van der Waals surface area contributed by atoms with Crippen LogP contribution in [0.4, 0.5) is 0 Å². The SMILES string of the molecule is CO[C@@H]1[C@H](O)[C@H](OC[C@H]2O[C@@H](O[C@H]3[C@H](O)[C@@H](NC(C)=O)[C@H](O[C@H]4[C@H](O)[C@@H](NC(C)=O)[C@H](O)O[C@@H]4CO)O[C@@H]3CO)[C@@H](O)[C@@H](O[C@@H]3O[C@H](CO)[C@@H](O)[C@H](OC)[C@@H]3O)[C@@H]2O)O[C@H](CO)[C@H]1O. The van der Waals surface area contributed by atoms with E-state index in [1.165, 1.54) is 7.11 Å². The van der Waals surface area contributed by atoms with Crippen molar-refractivity contribution in [2.24, 2.45) is 0 Å². The summed E-state index contributed by atoms with van der Waals surface area (Å²) in [4.78, 5) is 24.3. The zero-order chi connectivity index (χ0) is 47.3. The molecule has 0 saturated carbocycles. The highest BCUT2D eigenvalue weighted by atomic mass is 16.8. The van der Waals surface area contributed by atoms with E-state index in [1.54, 1.807) is 0 Å². The Labute approximate surface area is 364 Å². The minimum absolute atomic E-state index is 0.681. The molecule has 5 fully saturated rings. The van der Waals surface area contributed by atoms with Gasteiger partial charge in [-0.3, -0.25) is 9.59 Å². The first-order valence-corrected chi connectivity index (χ1v) is 20.4. The van der Waals surface area contributed by atoms with Crippen LogP contribution in [0.2, 0.25) is 0 Å². The third-order valence-electron chi connectivity index (χ3n) is 11.6. The number of nitrogens with one attached hydrogen (secondary N) is 2. The van der Waals surface area contributed by atoms with Crippen LogP contribution < -0.4 is 10.6 Å². The molecular formula is C36H62N2O26. The van der Waals surface area contributed by atoms with Crippen LogP contribution in [0.15, 0.2) is 0 Å². The topological polar surface area (TPSA) is 423 Å². The van der Waals surface area contributed by atoms with Gasteiger partial charge in [-0.2, -0.15) is 0 Å². The fraction of sp³-hybridized carbons (Fsp3) is 0.944. The maximum atomic E-state index is 12.5. The lowest BCUT2D eigenvalue weighted by molar-refractivity contribution is -0.384. The van der Waals surface area contributed by atoms with E-state index < -0.39 is 198 Å². The molecule has 0 aliphatic carbocycles. The molecule has 28 nitrogen and oxygen atoms in total. The normalized spacial score (nSPS) is 47.8. The van der Waals surface area contributed by atoms with Gasteiger partial charge in [-0.1, -0.05) is 0 Å². The molecule has 5 rings (SSSR count). The van der Waals surface area contributed by atoms with Crippen LogP contribution in [0, 0.1) is 0 Å². The van der Waals surface area contributed by atoms with Crippen molar-refractivity contribution in [1.82, 2.24) is 10.6 Å². The molecule has 2 amide bonds. The third-order valence-corrected chi connectivity index (χ3v) is 11.6. The zero-order valence-corrected chi connectivity index (χ0v) is 35.1. The second kappa shape index (κ2) is 23.3. The summed E-state index contributed by atoms with van der Waals surface area (Å²) < 4.78 is 62.2. The molecule has 0 aromatic rings. The Bertz CT molecular complexity index is 1480. The highest BCUT2D eigenvalue weighted by Gasteiger charge is 2.56. The van der Waals surface area contributed by atoms with Crippen LogP contribution >= 0.6 is 0 Å². The summed E-state index contributed by atoms with van der Waals surface area (Å²) in [5.74, 6) is -1.46. The predicted octanol–water partition coefficient (Wildman–Crippen LogP) is -10.3. The number of amides is 2. The number of hydrogen-bond donors (Lipinski definition) is 15. The predicted molar refractivity (Wildman–Crippen MR) is 199 cm³/mol. The molecule has 0 bridgehead atoms. The van der Waals surface area contributed by atoms with Crippen molar-refractivity contribution >= 4 is 11.8 Å². The van der Waals surface area contributed by atoms with Gasteiger partial charge in [0.25, 0.3) is 0 Å². The summed E-state index contributed by atoms with van der Waals surface area (Å²) in [6.45, 7) is -1.96. The molecule has 64 heavy (non-hydrogen) atoms. The molecule has 5 aliphatic heterocycles. The molecule has 5 aliphatic rings.